The Hall–Kier alpha value is -1.62. The van der Waals surface area contributed by atoms with Gasteiger partial charge in [0.05, 0.1) is 6.20 Å². The summed E-state index contributed by atoms with van der Waals surface area (Å²) in [6.07, 6.45) is 11.2. The summed E-state index contributed by atoms with van der Waals surface area (Å²) in [7, 11) is 0. The third-order valence-corrected chi connectivity index (χ3v) is 4.90. The molecular weight excluding hydrogens is 264 g/mol. The first kappa shape index (κ1) is 13.1. The van der Waals surface area contributed by atoms with Crippen molar-refractivity contribution >= 4 is 0 Å². The van der Waals surface area contributed by atoms with E-state index in [1.807, 2.05) is 12.4 Å². The number of nitrogens with one attached hydrogen (secondary N) is 1. The van der Waals surface area contributed by atoms with Gasteiger partial charge in [0.25, 0.3) is 0 Å². The molecule has 0 radical (unpaired) electrons. The van der Waals surface area contributed by atoms with Gasteiger partial charge in [-0.2, -0.15) is 5.10 Å². The number of H-pyrrole nitrogens is 1. The minimum absolute atomic E-state index is 0.597. The van der Waals surface area contributed by atoms with Crippen molar-refractivity contribution in [2.24, 2.45) is 0 Å². The normalized spacial score (nSPS) is 23.1. The Morgan fingerprint density at radius 3 is 3.14 bits per heavy atom. The molecule has 2 aromatic rings. The average Bonchev–Trinajstić information content (AvgIpc) is 3.18. The molecule has 21 heavy (non-hydrogen) atoms. The van der Waals surface area contributed by atoms with E-state index in [0.29, 0.717) is 5.92 Å². The van der Waals surface area contributed by atoms with Crippen LogP contribution in [-0.2, 0) is 19.4 Å². The molecule has 1 aliphatic heterocycles. The quantitative estimate of drug-likeness (QED) is 0.942. The summed E-state index contributed by atoms with van der Waals surface area (Å²) < 4.78 is 5.54. The Morgan fingerprint density at radius 2 is 2.24 bits per heavy atom. The van der Waals surface area contributed by atoms with E-state index >= 15 is 0 Å². The van der Waals surface area contributed by atoms with Crippen molar-refractivity contribution in [3.05, 3.63) is 35.0 Å². The summed E-state index contributed by atoms with van der Waals surface area (Å²) in [6.45, 7) is 3.20. The van der Waals surface area contributed by atoms with Gasteiger partial charge in [-0.05, 0) is 50.1 Å². The van der Waals surface area contributed by atoms with Crippen LogP contribution in [0, 0.1) is 0 Å². The van der Waals surface area contributed by atoms with Gasteiger partial charge in [-0.1, -0.05) is 5.16 Å². The molecule has 1 saturated heterocycles. The van der Waals surface area contributed by atoms with Crippen LogP contribution >= 0.6 is 0 Å². The SMILES string of the molecule is c1n[nH]cc1C1CCCN(Cc2noc3c2CCCC3)C1. The Kier molecular flexibility index (Phi) is 3.51. The molecule has 1 aliphatic carbocycles. The summed E-state index contributed by atoms with van der Waals surface area (Å²) >= 11 is 0. The van der Waals surface area contributed by atoms with E-state index in [1.165, 1.54) is 42.5 Å². The van der Waals surface area contributed by atoms with E-state index in [4.69, 9.17) is 4.52 Å². The third-order valence-electron chi connectivity index (χ3n) is 4.90. The van der Waals surface area contributed by atoms with Gasteiger partial charge in [-0.25, -0.2) is 0 Å². The zero-order valence-corrected chi connectivity index (χ0v) is 12.3. The number of rotatable bonds is 3. The number of aromatic nitrogens is 3. The van der Waals surface area contributed by atoms with Crippen molar-refractivity contribution in [3.8, 4) is 0 Å². The lowest BCUT2D eigenvalue weighted by Gasteiger charge is -2.31. The van der Waals surface area contributed by atoms with Crippen LogP contribution in [-0.4, -0.2) is 33.3 Å². The van der Waals surface area contributed by atoms with Gasteiger partial charge >= 0.3 is 0 Å². The van der Waals surface area contributed by atoms with Crippen LogP contribution in [0.4, 0.5) is 0 Å². The zero-order valence-electron chi connectivity index (χ0n) is 12.3. The predicted molar refractivity (Wildman–Crippen MR) is 79.0 cm³/mol. The van der Waals surface area contributed by atoms with Crippen molar-refractivity contribution < 1.29 is 4.52 Å². The highest BCUT2D eigenvalue weighted by atomic mass is 16.5. The molecule has 0 spiro atoms. The fourth-order valence-electron chi connectivity index (χ4n) is 3.74. The Labute approximate surface area is 124 Å². The van der Waals surface area contributed by atoms with Gasteiger partial charge in [0, 0.05) is 31.3 Å². The predicted octanol–water partition coefficient (Wildman–Crippen LogP) is 2.66. The number of fused-ring (bicyclic) bond motifs is 1. The summed E-state index contributed by atoms with van der Waals surface area (Å²) in [6, 6.07) is 0. The summed E-state index contributed by atoms with van der Waals surface area (Å²) in [4.78, 5) is 2.52. The summed E-state index contributed by atoms with van der Waals surface area (Å²) in [5, 5.41) is 11.4. The highest BCUT2D eigenvalue weighted by molar-refractivity contribution is 5.25. The monoisotopic (exact) mass is 286 g/mol. The number of aromatic amines is 1. The molecule has 5 heteroatoms. The van der Waals surface area contributed by atoms with Gasteiger partial charge in [0.1, 0.15) is 11.5 Å². The smallest absolute Gasteiger partial charge is 0.140 e. The van der Waals surface area contributed by atoms with Crippen LogP contribution < -0.4 is 0 Å². The molecule has 1 fully saturated rings. The molecule has 5 nitrogen and oxygen atoms in total. The van der Waals surface area contributed by atoms with Crippen molar-refractivity contribution in [1.29, 1.82) is 0 Å². The molecule has 4 rings (SSSR count). The Morgan fingerprint density at radius 1 is 1.29 bits per heavy atom. The molecule has 1 N–H and O–H groups in total. The summed E-state index contributed by atoms with van der Waals surface area (Å²) in [5.41, 5.74) is 3.91. The first-order valence-corrected chi connectivity index (χ1v) is 8.07. The standard InChI is InChI=1S/C16H22N4O/c1-2-6-16-14(5-1)15(19-21-16)11-20-7-3-4-12(10-20)13-8-17-18-9-13/h8-9,12H,1-7,10-11H2,(H,17,18). The molecule has 0 amide bonds. The number of nitrogens with zero attached hydrogens (tertiary/aromatic N) is 3. The van der Waals surface area contributed by atoms with E-state index in [-0.39, 0.29) is 0 Å². The number of piperidine rings is 1. The maximum atomic E-state index is 5.54. The van der Waals surface area contributed by atoms with Crippen molar-refractivity contribution in [2.45, 2.75) is 51.0 Å². The Bertz CT molecular complexity index is 589. The van der Waals surface area contributed by atoms with E-state index in [0.717, 1.165) is 38.2 Å². The minimum Gasteiger partial charge on any atom is -0.361 e. The lowest BCUT2D eigenvalue weighted by Crippen LogP contribution is -2.34. The first-order chi connectivity index (χ1) is 10.4. The molecule has 2 aliphatic rings. The van der Waals surface area contributed by atoms with Crippen molar-refractivity contribution in [3.63, 3.8) is 0 Å². The Balaban J connectivity index is 1.46. The molecule has 0 bridgehead atoms. The number of hydrogen-bond acceptors (Lipinski definition) is 4. The fraction of sp³-hybridized carbons (Fsp3) is 0.625. The second-order valence-electron chi connectivity index (χ2n) is 6.34. The number of aryl methyl sites for hydroxylation is 1. The van der Waals surface area contributed by atoms with Gasteiger partial charge in [0.2, 0.25) is 0 Å². The van der Waals surface area contributed by atoms with Crippen LogP contribution in [0.3, 0.4) is 0 Å². The number of hydrogen-bond donors (Lipinski definition) is 1. The van der Waals surface area contributed by atoms with E-state index in [9.17, 15) is 0 Å². The molecule has 2 aromatic heterocycles. The molecule has 112 valence electrons. The molecule has 1 unspecified atom stereocenters. The molecule has 1 atom stereocenters. The first-order valence-electron chi connectivity index (χ1n) is 8.07. The third kappa shape index (κ3) is 2.62. The molecule has 0 aromatic carbocycles. The number of likely N-dealkylation sites (tertiary alicyclic amines) is 1. The van der Waals surface area contributed by atoms with E-state index in [2.05, 4.69) is 20.3 Å². The lowest BCUT2D eigenvalue weighted by atomic mass is 9.92. The average molecular weight is 286 g/mol. The van der Waals surface area contributed by atoms with E-state index in [1.54, 1.807) is 0 Å². The van der Waals surface area contributed by atoms with Crippen LogP contribution in [0.5, 0.6) is 0 Å². The van der Waals surface area contributed by atoms with E-state index < -0.39 is 0 Å². The van der Waals surface area contributed by atoms with Crippen LogP contribution in [0.1, 0.15) is 54.2 Å². The molecule has 3 heterocycles. The highest BCUT2D eigenvalue weighted by Crippen LogP contribution is 2.29. The zero-order chi connectivity index (χ0) is 14.1. The second-order valence-corrected chi connectivity index (χ2v) is 6.34. The summed E-state index contributed by atoms with van der Waals surface area (Å²) in [5.74, 6) is 1.74. The maximum Gasteiger partial charge on any atom is 0.140 e. The second kappa shape index (κ2) is 5.64. The van der Waals surface area contributed by atoms with Crippen LogP contribution in [0.2, 0.25) is 0 Å². The van der Waals surface area contributed by atoms with Crippen LogP contribution in [0.25, 0.3) is 0 Å². The van der Waals surface area contributed by atoms with Crippen LogP contribution in [0.15, 0.2) is 16.9 Å². The largest absolute Gasteiger partial charge is 0.361 e. The van der Waals surface area contributed by atoms with Gasteiger partial charge in [0.15, 0.2) is 0 Å². The maximum absolute atomic E-state index is 5.54. The lowest BCUT2D eigenvalue weighted by molar-refractivity contribution is 0.195. The topological polar surface area (TPSA) is 58.0 Å². The highest BCUT2D eigenvalue weighted by Gasteiger charge is 2.25. The minimum atomic E-state index is 0.597. The van der Waals surface area contributed by atoms with Crippen molar-refractivity contribution in [1.82, 2.24) is 20.3 Å². The van der Waals surface area contributed by atoms with Gasteiger partial charge in [-0.3, -0.25) is 10.00 Å². The van der Waals surface area contributed by atoms with Gasteiger partial charge < -0.3 is 4.52 Å². The van der Waals surface area contributed by atoms with Crippen molar-refractivity contribution in [2.75, 3.05) is 13.1 Å². The van der Waals surface area contributed by atoms with Gasteiger partial charge in [-0.15, -0.1) is 0 Å². The fourth-order valence-corrected chi connectivity index (χ4v) is 3.74. The molecule has 0 saturated carbocycles. The molecular formula is C16H22N4O.